The average molecular weight is 496 g/mol. The highest BCUT2D eigenvalue weighted by atomic mass is 16.3. The van der Waals surface area contributed by atoms with Gasteiger partial charge in [0.25, 0.3) is 0 Å². The average Bonchev–Trinajstić information content (AvgIpc) is 2.88. The fourth-order valence-corrected chi connectivity index (χ4v) is 3.93. The van der Waals surface area contributed by atoms with E-state index in [9.17, 15) is 24.3 Å². The molecule has 1 unspecified atom stereocenters. The van der Waals surface area contributed by atoms with Crippen LogP contribution in [0, 0.1) is 0 Å². The van der Waals surface area contributed by atoms with Crippen LogP contribution in [-0.4, -0.2) is 60.0 Å². The lowest BCUT2D eigenvalue weighted by Gasteiger charge is -2.21. The van der Waals surface area contributed by atoms with Crippen LogP contribution in [-0.2, 0) is 32.0 Å². The molecule has 0 aromatic heterocycles. The molecule has 0 spiro atoms. The number of nitrogens with two attached hydrogens (primary N) is 1. The Morgan fingerprint density at radius 3 is 2.42 bits per heavy atom. The molecule has 10 heteroatoms. The topological polar surface area (TPSA) is 163 Å². The smallest absolute Gasteiger partial charge is 0.243 e. The van der Waals surface area contributed by atoms with E-state index >= 15 is 0 Å². The maximum Gasteiger partial charge on any atom is 0.243 e. The van der Waals surface area contributed by atoms with Gasteiger partial charge in [-0.25, -0.2) is 0 Å². The molecular formula is C26H33N5O5. The first-order chi connectivity index (χ1) is 17.3. The third-order valence-corrected chi connectivity index (χ3v) is 5.94. The lowest BCUT2D eigenvalue weighted by atomic mass is 10.0. The Morgan fingerprint density at radius 1 is 0.972 bits per heavy atom. The van der Waals surface area contributed by atoms with Crippen molar-refractivity contribution < 1.29 is 24.3 Å². The van der Waals surface area contributed by atoms with Crippen LogP contribution in [0.4, 0.5) is 0 Å². The number of phenols is 1. The van der Waals surface area contributed by atoms with E-state index in [2.05, 4.69) is 21.3 Å². The minimum absolute atomic E-state index is 0.115. The summed E-state index contributed by atoms with van der Waals surface area (Å²) >= 11 is 0. The zero-order valence-corrected chi connectivity index (χ0v) is 20.0. The zero-order chi connectivity index (χ0) is 25.9. The molecule has 3 rings (SSSR count). The van der Waals surface area contributed by atoms with E-state index in [1.165, 1.54) is 12.1 Å². The summed E-state index contributed by atoms with van der Waals surface area (Å²) < 4.78 is 0. The second kappa shape index (κ2) is 13.2. The minimum Gasteiger partial charge on any atom is -0.508 e. The molecule has 0 radical (unpaired) electrons. The van der Waals surface area contributed by atoms with Crippen molar-refractivity contribution in [2.24, 2.45) is 5.73 Å². The Morgan fingerprint density at radius 2 is 1.69 bits per heavy atom. The maximum atomic E-state index is 12.8. The first-order valence-corrected chi connectivity index (χ1v) is 12.0. The van der Waals surface area contributed by atoms with Crippen molar-refractivity contribution in [3.63, 3.8) is 0 Å². The number of rotatable bonds is 6. The van der Waals surface area contributed by atoms with E-state index in [1.54, 1.807) is 12.1 Å². The highest BCUT2D eigenvalue weighted by Gasteiger charge is 2.26. The molecule has 1 aliphatic rings. The van der Waals surface area contributed by atoms with E-state index in [0.717, 1.165) is 11.1 Å². The fourth-order valence-electron chi connectivity index (χ4n) is 3.93. The largest absolute Gasteiger partial charge is 0.508 e. The van der Waals surface area contributed by atoms with Gasteiger partial charge in [-0.05, 0) is 48.9 Å². The number of carbonyl (C=O) groups is 4. The van der Waals surface area contributed by atoms with Crippen LogP contribution in [0.1, 0.15) is 30.4 Å². The van der Waals surface area contributed by atoms with Gasteiger partial charge in [0, 0.05) is 13.0 Å². The third kappa shape index (κ3) is 8.38. The van der Waals surface area contributed by atoms with Crippen LogP contribution in [0.15, 0.2) is 54.6 Å². The van der Waals surface area contributed by atoms with Gasteiger partial charge >= 0.3 is 0 Å². The molecule has 1 heterocycles. The molecule has 0 saturated carbocycles. The van der Waals surface area contributed by atoms with Crippen LogP contribution in [0.3, 0.4) is 0 Å². The molecule has 1 saturated heterocycles. The van der Waals surface area contributed by atoms with E-state index in [-0.39, 0.29) is 24.6 Å². The van der Waals surface area contributed by atoms with Crippen LogP contribution >= 0.6 is 0 Å². The lowest BCUT2D eigenvalue weighted by Crippen LogP contribution is -2.54. The van der Waals surface area contributed by atoms with Gasteiger partial charge < -0.3 is 32.1 Å². The fraction of sp³-hybridized carbons (Fsp3) is 0.385. The molecule has 0 aliphatic carbocycles. The van der Waals surface area contributed by atoms with Gasteiger partial charge in [0.1, 0.15) is 17.8 Å². The van der Waals surface area contributed by atoms with Gasteiger partial charge in [-0.3, -0.25) is 19.2 Å². The summed E-state index contributed by atoms with van der Waals surface area (Å²) in [4.78, 5) is 50.7. The molecule has 3 atom stereocenters. The number of hydrogen-bond acceptors (Lipinski definition) is 6. The summed E-state index contributed by atoms with van der Waals surface area (Å²) in [5.41, 5.74) is 7.71. The standard InChI is InChI=1S/C26H33N5O5/c27-20(14-18-9-11-19(32)12-10-18)24(34)31-21-8-4-5-13-28-26(36)22(15-17-6-2-1-3-7-17)30-23(33)16-29-25(21)35/h1-3,6-7,9-12,20-22,32H,4-5,8,13-16,27H2,(H,28,36)(H,29,35)(H,30,33)(H,31,34)/t20-,21?,22-/m0/s1. The molecule has 10 nitrogen and oxygen atoms in total. The summed E-state index contributed by atoms with van der Waals surface area (Å²) in [5.74, 6) is -1.67. The normalized spacial score (nSPS) is 20.4. The lowest BCUT2D eigenvalue weighted by molar-refractivity contribution is -0.131. The predicted octanol–water partition coefficient (Wildman–Crippen LogP) is -0.109. The van der Waals surface area contributed by atoms with Crippen LogP contribution in [0.5, 0.6) is 5.75 Å². The summed E-state index contributed by atoms with van der Waals surface area (Å²) in [5, 5.41) is 20.2. The number of phenolic OH excluding ortho intramolecular Hbond substituents is 1. The highest BCUT2D eigenvalue weighted by molar-refractivity contribution is 5.93. The van der Waals surface area contributed by atoms with Crippen LogP contribution in [0.2, 0.25) is 0 Å². The molecule has 192 valence electrons. The number of benzene rings is 2. The SMILES string of the molecule is N[C@@H](Cc1ccc(O)cc1)C(=O)NC1CCCCNC(=O)[C@H](Cc2ccccc2)NC(=O)CNC1=O. The Hall–Kier alpha value is -3.92. The molecule has 1 fully saturated rings. The second-order valence-electron chi connectivity index (χ2n) is 8.85. The second-order valence-corrected chi connectivity index (χ2v) is 8.85. The number of aromatic hydroxyl groups is 1. The van der Waals surface area contributed by atoms with Gasteiger partial charge in [-0.2, -0.15) is 0 Å². The molecule has 2 aromatic rings. The predicted molar refractivity (Wildman–Crippen MR) is 134 cm³/mol. The Labute approximate surface area is 210 Å². The van der Waals surface area contributed by atoms with Crippen LogP contribution < -0.4 is 27.0 Å². The molecule has 36 heavy (non-hydrogen) atoms. The van der Waals surface area contributed by atoms with E-state index in [1.807, 2.05) is 30.3 Å². The number of amides is 4. The molecule has 2 aromatic carbocycles. The summed E-state index contributed by atoms with van der Waals surface area (Å²) in [6, 6.07) is 13.2. The van der Waals surface area contributed by atoms with Crippen molar-refractivity contribution in [3.8, 4) is 5.75 Å². The zero-order valence-electron chi connectivity index (χ0n) is 20.0. The first kappa shape index (κ1) is 26.7. The number of hydrogen-bond donors (Lipinski definition) is 6. The molecule has 0 bridgehead atoms. The van der Waals surface area contributed by atoms with Crippen LogP contribution in [0.25, 0.3) is 0 Å². The summed E-state index contributed by atoms with van der Waals surface area (Å²) in [6.07, 6.45) is 2.05. The number of carbonyl (C=O) groups excluding carboxylic acids is 4. The van der Waals surface area contributed by atoms with Gasteiger partial charge in [0.15, 0.2) is 0 Å². The van der Waals surface area contributed by atoms with Crippen molar-refractivity contribution in [1.82, 2.24) is 21.3 Å². The minimum atomic E-state index is -0.895. The van der Waals surface area contributed by atoms with Gasteiger partial charge in [-0.1, -0.05) is 42.5 Å². The van der Waals surface area contributed by atoms with E-state index < -0.39 is 35.8 Å². The van der Waals surface area contributed by atoms with Gasteiger partial charge in [-0.15, -0.1) is 0 Å². The quantitative estimate of drug-likeness (QED) is 0.328. The summed E-state index contributed by atoms with van der Waals surface area (Å²) in [6.45, 7) is 0.0476. The molecular weight excluding hydrogens is 462 g/mol. The van der Waals surface area contributed by atoms with Crippen molar-refractivity contribution >= 4 is 23.6 Å². The first-order valence-electron chi connectivity index (χ1n) is 12.0. The molecule has 4 amide bonds. The molecule has 1 aliphatic heterocycles. The highest BCUT2D eigenvalue weighted by Crippen LogP contribution is 2.11. The van der Waals surface area contributed by atoms with E-state index in [0.29, 0.717) is 32.2 Å². The Bertz CT molecular complexity index is 1040. The monoisotopic (exact) mass is 495 g/mol. The Kier molecular flexibility index (Phi) is 9.82. The molecule has 7 N–H and O–H groups in total. The van der Waals surface area contributed by atoms with Crippen molar-refractivity contribution in [1.29, 1.82) is 0 Å². The summed E-state index contributed by atoms with van der Waals surface area (Å²) in [7, 11) is 0. The third-order valence-electron chi connectivity index (χ3n) is 5.94. The Balaban J connectivity index is 1.60. The number of nitrogens with one attached hydrogen (secondary N) is 4. The van der Waals surface area contributed by atoms with Crippen molar-refractivity contribution in [2.45, 2.75) is 50.2 Å². The van der Waals surface area contributed by atoms with Gasteiger partial charge in [0.2, 0.25) is 23.6 Å². The van der Waals surface area contributed by atoms with E-state index in [4.69, 9.17) is 5.73 Å². The van der Waals surface area contributed by atoms with Gasteiger partial charge in [0.05, 0.1) is 12.6 Å². The van der Waals surface area contributed by atoms with Crippen molar-refractivity contribution in [3.05, 3.63) is 65.7 Å². The van der Waals surface area contributed by atoms with Crippen molar-refractivity contribution in [2.75, 3.05) is 13.1 Å². The maximum absolute atomic E-state index is 12.8.